The predicted molar refractivity (Wildman–Crippen MR) is 77.4 cm³/mol. The van der Waals surface area contributed by atoms with Gasteiger partial charge < -0.3 is 14.5 Å². The van der Waals surface area contributed by atoms with Crippen molar-refractivity contribution in [1.29, 1.82) is 0 Å². The highest BCUT2D eigenvalue weighted by Crippen LogP contribution is 2.31. The maximum absolute atomic E-state index is 12.8. The van der Waals surface area contributed by atoms with Gasteiger partial charge in [-0.15, -0.1) is 0 Å². The molecular formula is C16H20N2O3. The standard InChI is InChI=1S/C16H20N2O3/c1-17-14-13(21-2)9-8-12(15(17)19)18(16(14)20)10-11-6-4-3-5-7-11/h3-7,12-14H,8-10H2,1-2H3/t12-,13+,14-/m0/s1. The van der Waals surface area contributed by atoms with Gasteiger partial charge in [0.15, 0.2) is 0 Å². The molecule has 3 aliphatic rings. The Morgan fingerprint density at radius 1 is 1.14 bits per heavy atom. The molecular weight excluding hydrogens is 268 g/mol. The lowest BCUT2D eigenvalue weighted by Gasteiger charge is -2.42. The highest BCUT2D eigenvalue weighted by molar-refractivity contribution is 5.97. The number of carbonyl (C=O) groups is 2. The predicted octanol–water partition coefficient (Wildman–Crippen LogP) is 1.03. The molecule has 3 fully saturated rings. The minimum Gasteiger partial charge on any atom is -0.379 e. The molecule has 5 heteroatoms. The quantitative estimate of drug-likeness (QED) is 0.835. The number of carbonyl (C=O) groups excluding carboxylic acids is 2. The summed E-state index contributed by atoms with van der Waals surface area (Å²) in [4.78, 5) is 28.6. The molecule has 21 heavy (non-hydrogen) atoms. The Kier molecular flexibility index (Phi) is 3.68. The fourth-order valence-corrected chi connectivity index (χ4v) is 3.38. The van der Waals surface area contributed by atoms with Crippen LogP contribution in [0.5, 0.6) is 0 Å². The summed E-state index contributed by atoms with van der Waals surface area (Å²) in [6.07, 6.45) is 1.19. The van der Waals surface area contributed by atoms with Gasteiger partial charge in [0.2, 0.25) is 11.8 Å². The van der Waals surface area contributed by atoms with Crippen molar-refractivity contribution in [2.45, 2.75) is 37.6 Å². The van der Waals surface area contributed by atoms with Gasteiger partial charge in [0, 0.05) is 20.7 Å². The first-order valence-corrected chi connectivity index (χ1v) is 7.27. The van der Waals surface area contributed by atoms with Crippen LogP contribution in [0, 0.1) is 0 Å². The molecule has 0 saturated carbocycles. The Labute approximate surface area is 124 Å². The van der Waals surface area contributed by atoms with Gasteiger partial charge in [-0.3, -0.25) is 9.59 Å². The van der Waals surface area contributed by atoms with Crippen LogP contribution in [0.1, 0.15) is 18.4 Å². The number of ether oxygens (including phenoxy) is 1. The molecule has 0 unspecified atom stereocenters. The Morgan fingerprint density at radius 2 is 1.86 bits per heavy atom. The van der Waals surface area contributed by atoms with Crippen LogP contribution in [-0.2, 0) is 20.9 Å². The van der Waals surface area contributed by atoms with Crippen molar-refractivity contribution in [2.24, 2.45) is 0 Å². The van der Waals surface area contributed by atoms with E-state index in [4.69, 9.17) is 4.74 Å². The third-order valence-electron chi connectivity index (χ3n) is 4.54. The normalized spacial score (nSPS) is 29.0. The molecule has 4 rings (SSSR count). The summed E-state index contributed by atoms with van der Waals surface area (Å²) in [6, 6.07) is 8.94. The lowest BCUT2D eigenvalue weighted by molar-refractivity contribution is -0.162. The van der Waals surface area contributed by atoms with Crippen LogP contribution < -0.4 is 0 Å². The van der Waals surface area contributed by atoms with Crippen molar-refractivity contribution < 1.29 is 14.3 Å². The number of hydrogen-bond donors (Lipinski definition) is 0. The van der Waals surface area contributed by atoms with E-state index in [1.807, 2.05) is 30.3 Å². The summed E-state index contributed by atoms with van der Waals surface area (Å²) < 4.78 is 5.45. The molecule has 1 aromatic carbocycles. The van der Waals surface area contributed by atoms with Crippen LogP contribution >= 0.6 is 0 Å². The van der Waals surface area contributed by atoms with E-state index in [2.05, 4.69) is 0 Å². The minimum atomic E-state index is -0.495. The topological polar surface area (TPSA) is 49.9 Å². The van der Waals surface area contributed by atoms with Crippen molar-refractivity contribution in [2.75, 3.05) is 14.2 Å². The molecule has 3 heterocycles. The number of rotatable bonds is 3. The van der Waals surface area contributed by atoms with Crippen molar-refractivity contribution in [3.05, 3.63) is 35.9 Å². The minimum absolute atomic E-state index is 0.00435. The first-order chi connectivity index (χ1) is 10.1. The summed E-state index contributed by atoms with van der Waals surface area (Å²) in [5, 5.41) is 0. The van der Waals surface area contributed by atoms with E-state index in [0.29, 0.717) is 13.0 Å². The highest BCUT2D eigenvalue weighted by Gasteiger charge is 2.50. The van der Waals surface area contributed by atoms with E-state index in [1.165, 1.54) is 0 Å². The van der Waals surface area contributed by atoms with E-state index >= 15 is 0 Å². The molecule has 5 nitrogen and oxygen atoms in total. The summed E-state index contributed by atoms with van der Waals surface area (Å²) in [5.41, 5.74) is 1.04. The Hall–Kier alpha value is -1.88. The molecule has 2 bridgehead atoms. The van der Waals surface area contributed by atoms with Crippen LogP contribution in [0.3, 0.4) is 0 Å². The van der Waals surface area contributed by atoms with Gasteiger partial charge in [-0.25, -0.2) is 0 Å². The molecule has 0 N–H and O–H groups in total. The van der Waals surface area contributed by atoms with Crippen molar-refractivity contribution in [3.63, 3.8) is 0 Å². The Balaban J connectivity index is 1.92. The number of likely N-dealkylation sites (N-methyl/N-ethyl adjacent to an activating group) is 1. The second kappa shape index (κ2) is 5.48. The van der Waals surface area contributed by atoms with E-state index in [-0.39, 0.29) is 24.0 Å². The van der Waals surface area contributed by atoms with Gasteiger partial charge in [0.05, 0.1) is 6.10 Å². The second-order valence-corrected chi connectivity index (χ2v) is 5.71. The first-order valence-electron chi connectivity index (χ1n) is 7.27. The van der Waals surface area contributed by atoms with Gasteiger partial charge in [-0.1, -0.05) is 30.3 Å². The van der Waals surface area contributed by atoms with E-state index in [1.54, 1.807) is 24.0 Å². The van der Waals surface area contributed by atoms with Crippen molar-refractivity contribution >= 4 is 11.8 Å². The van der Waals surface area contributed by atoms with E-state index in [9.17, 15) is 9.59 Å². The van der Waals surface area contributed by atoms with Crippen molar-refractivity contribution in [3.8, 4) is 0 Å². The smallest absolute Gasteiger partial charge is 0.249 e. The number of fused-ring (bicyclic) bond motifs is 4. The largest absolute Gasteiger partial charge is 0.379 e. The molecule has 3 aliphatic heterocycles. The second-order valence-electron chi connectivity index (χ2n) is 5.71. The molecule has 0 spiro atoms. The number of piperazine rings is 1. The monoisotopic (exact) mass is 288 g/mol. The van der Waals surface area contributed by atoms with Crippen LogP contribution in [0.15, 0.2) is 30.3 Å². The fourth-order valence-electron chi connectivity index (χ4n) is 3.38. The zero-order chi connectivity index (χ0) is 15.0. The molecule has 0 aliphatic carbocycles. The molecule has 1 aromatic rings. The Morgan fingerprint density at radius 3 is 2.52 bits per heavy atom. The molecule has 112 valence electrons. The van der Waals surface area contributed by atoms with E-state index < -0.39 is 6.04 Å². The van der Waals surface area contributed by atoms with Gasteiger partial charge in [0.25, 0.3) is 0 Å². The Bertz CT molecular complexity index is 546. The average molecular weight is 288 g/mol. The van der Waals surface area contributed by atoms with Crippen LogP contribution in [-0.4, -0.2) is 54.0 Å². The van der Waals surface area contributed by atoms with Gasteiger partial charge in [0.1, 0.15) is 12.1 Å². The van der Waals surface area contributed by atoms with Crippen LogP contribution in [0.25, 0.3) is 0 Å². The molecule has 0 radical (unpaired) electrons. The first kappa shape index (κ1) is 14.1. The molecule has 3 saturated heterocycles. The SMILES string of the molecule is CO[C@@H]1CC[C@H]2C(=O)N(C)[C@@H]1C(=O)N2Cc1ccccc1. The number of benzene rings is 1. The van der Waals surface area contributed by atoms with Crippen LogP contribution in [0.2, 0.25) is 0 Å². The highest BCUT2D eigenvalue weighted by atomic mass is 16.5. The number of amides is 2. The van der Waals surface area contributed by atoms with Gasteiger partial charge in [-0.2, -0.15) is 0 Å². The number of methoxy groups -OCH3 is 1. The molecule has 0 aromatic heterocycles. The zero-order valence-electron chi connectivity index (χ0n) is 12.4. The third-order valence-corrected chi connectivity index (χ3v) is 4.54. The summed E-state index contributed by atoms with van der Waals surface area (Å²) in [6.45, 7) is 0.483. The maximum Gasteiger partial charge on any atom is 0.249 e. The van der Waals surface area contributed by atoms with Crippen LogP contribution in [0.4, 0.5) is 0 Å². The summed E-state index contributed by atoms with van der Waals surface area (Å²) in [7, 11) is 3.31. The van der Waals surface area contributed by atoms with Crippen molar-refractivity contribution in [1.82, 2.24) is 9.80 Å². The van der Waals surface area contributed by atoms with Gasteiger partial charge in [-0.05, 0) is 18.4 Å². The summed E-state index contributed by atoms with van der Waals surface area (Å²) in [5.74, 6) is 0.0189. The number of nitrogens with zero attached hydrogens (tertiary/aromatic N) is 2. The fraction of sp³-hybridized carbons (Fsp3) is 0.500. The third kappa shape index (κ3) is 2.31. The summed E-state index contributed by atoms with van der Waals surface area (Å²) >= 11 is 0. The van der Waals surface area contributed by atoms with Gasteiger partial charge >= 0.3 is 0 Å². The number of hydrogen-bond acceptors (Lipinski definition) is 3. The molecule has 3 atom stereocenters. The lowest BCUT2D eigenvalue weighted by atomic mass is 10.0. The average Bonchev–Trinajstić information content (AvgIpc) is 2.71. The molecule has 2 amide bonds. The maximum atomic E-state index is 12.8. The van der Waals surface area contributed by atoms with E-state index in [0.717, 1.165) is 12.0 Å². The zero-order valence-corrected chi connectivity index (χ0v) is 12.4. The lowest BCUT2D eigenvalue weighted by Crippen LogP contribution is -2.63.